The van der Waals surface area contributed by atoms with Crippen molar-refractivity contribution in [2.75, 3.05) is 27.2 Å². The highest BCUT2D eigenvalue weighted by Gasteiger charge is 2.16. The highest BCUT2D eigenvalue weighted by Crippen LogP contribution is 2.34. The van der Waals surface area contributed by atoms with Gasteiger partial charge in [-0.2, -0.15) is 0 Å². The number of nitrogens with zero attached hydrogens (tertiary/aromatic N) is 1. The van der Waals surface area contributed by atoms with E-state index in [0.717, 1.165) is 17.5 Å². The van der Waals surface area contributed by atoms with Gasteiger partial charge >= 0.3 is 0 Å². The molecule has 24 heavy (non-hydrogen) atoms. The van der Waals surface area contributed by atoms with E-state index in [4.69, 9.17) is 16.3 Å². The molecule has 5 heteroatoms. The standard InChI is InChI=1S/C19H19ClN2O2/c1-22(2)10-11-24-18-15-9-8-14(20)12-16(15)21-19(23)17(18)13-6-4-3-5-7-13/h3-9,12H,10-11H2,1-2H3,(H,21,23). The predicted octanol–water partition coefficient (Wildman–Crippen LogP) is 3.79. The fourth-order valence-electron chi connectivity index (χ4n) is 2.59. The van der Waals surface area contributed by atoms with Gasteiger partial charge in [0.1, 0.15) is 12.4 Å². The Bertz CT molecular complexity index is 904. The molecule has 3 aromatic rings. The number of hydrogen-bond donors (Lipinski definition) is 1. The Morgan fingerprint density at radius 1 is 1.12 bits per heavy atom. The summed E-state index contributed by atoms with van der Waals surface area (Å²) in [5, 5.41) is 1.42. The lowest BCUT2D eigenvalue weighted by Gasteiger charge is -2.16. The molecule has 0 fully saturated rings. The van der Waals surface area contributed by atoms with Crippen LogP contribution in [0.25, 0.3) is 22.0 Å². The molecule has 0 aliphatic carbocycles. The minimum absolute atomic E-state index is 0.184. The number of fused-ring (bicyclic) bond motifs is 1. The van der Waals surface area contributed by atoms with E-state index in [2.05, 4.69) is 4.98 Å². The van der Waals surface area contributed by atoms with Crippen LogP contribution in [0.3, 0.4) is 0 Å². The van der Waals surface area contributed by atoms with Gasteiger partial charge in [0.2, 0.25) is 0 Å². The molecule has 3 rings (SSSR count). The molecule has 2 aromatic carbocycles. The third-order valence-electron chi connectivity index (χ3n) is 3.78. The van der Waals surface area contributed by atoms with E-state index in [1.807, 2.05) is 55.4 Å². The molecular weight excluding hydrogens is 324 g/mol. The zero-order valence-corrected chi connectivity index (χ0v) is 14.4. The van der Waals surface area contributed by atoms with Crippen molar-refractivity contribution in [3.05, 3.63) is 63.9 Å². The van der Waals surface area contributed by atoms with Gasteiger partial charge in [0.25, 0.3) is 5.56 Å². The van der Waals surface area contributed by atoms with Gasteiger partial charge in [-0.1, -0.05) is 41.9 Å². The van der Waals surface area contributed by atoms with Crippen molar-refractivity contribution in [2.24, 2.45) is 0 Å². The number of ether oxygens (including phenoxy) is 1. The first-order valence-corrected chi connectivity index (χ1v) is 8.12. The van der Waals surface area contributed by atoms with Crippen LogP contribution in [0.4, 0.5) is 0 Å². The van der Waals surface area contributed by atoms with Crippen LogP contribution in [0.5, 0.6) is 5.75 Å². The number of H-pyrrole nitrogens is 1. The van der Waals surface area contributed by atoms with Crippen LogP contribution in [-0.4, -0.2) is 37.1 Å². The second-order valence-electron chi connectivity index (χ2n) is 5.87. The number of nitrogens with one attached hydrogen (secondary N) is 1. The summed E-state index contributed by atoms with van der Waals surface area (Å²) in [6, 6.07) is 15.0. The maximum absolute atomic E-state index is 12.7. The van der Waals surface area contributed by atoms with Crippen molar-refractivity contribution in [3.8, 4) is 16.9 Å². The SMILES string of the molecule is CN(C)CCOc1c(-c2ccccc2)c(=O)[nH]c2cc(Cl)ccc12. The van der Waals surface area contributed by atoms with E-state index in [9.17, 15) is 4.79 Å². The van der Waals surface area contributed by atoms with Crippen LogP contribution in [0.2, 0.25) is 5.02 Å². The predicted molar refractivity (Wildman–Crippen MR) is 99.1 cm³/mol. The van der Waals surface area contributed by atoms with Gasteiger partial charge in [-0.25, -0.2) is 0 Å². The number of aromatic amines is 1. The van der Waals surface area contributed by atoms with E-state index < -0.39 is 0 Å². The Kier molecular flexibility index (Phi) is 4.88. The summed E-state index contributed by atoms with van der Waals surface area (Å²) in [4.78, 5) is 17.6. The molecule has 0 atom stereocenters. The second-order valence-corrected chi connectivity index (χ2v) is 6.30. The first kappa shape index (κ1) is 16.6. The van der Waals surface area contributed by atoms with Gasteiger partial charge in [-0.15, -0.1) is 0 Å². The quantitative estimate of drug-likeness (QED) is 0.767. The molecule has 0 saturated carbocycles. The second kappa shape index (κ2) is 7.07. The molecule has 1 heterocycles. The third-order valence-corrected chi connectivity index (χ3v) is 4.01. The molecule has 0 unspecified atom stereocenters. The normalized spacial score (nSPS) is 11.2. The van der Waals surface area contributed by atoms with Crippen LogP contribution >= 0.6 is 11.6 Å². The molecule has 0 bridgehead atoms. The molecule has 0 aliphatic rings. The van der Waals surface area contributed by atoms with E-state index in [1.165, 1.54) is 0 Å². The molecule has 0 aliphatic heterocycles. The minimum atomic E-state index is -0.184. The Morgan fingerprint density at radius 3 is 2.58 bits per heavy atom. The van der Waals surface area contributed by atoms with E-state index in [0.29, 0.717) is 28.5 Å². The van der Waals surface area contributed by atoms with Gasteiger partial charge in [-0.05, 0) is 37.9 Å². The van der Waals surface area contributed by atoms with Gasteiger partial charge in [0, 0.05) is 17.0 Å². The van der Waals surface area contributed by atoms with Crippen molar-refractivity contribution < 1.29 is 4.74 Å². The molecule has 4 nitrogen and oxygen atoms in total. The molecule has 124 valence electrons. The molecule has 0 saturated heterocycles. The number of rotatable bonds is 5. The number of hydrogen-bond acceptors (Lipinski definition) is 3. The number of likely N-dealkylation sites (N-methyl/N-ethyl adjacent to an activating group) is 1. The zero-order chi connectivity index (χ0) is 17.1. The average molecular weight is 343 g/mol. The number of halogens is 1. The number of benzene rings is 2. The molecule has 0 amide bonds. The van der Waals surface area contributed by atoms with Crippen molar-refractivity contribution >= 4 is 22.5 Å². The van der Waals surface area contributed by atoms with Crippen molar-refractivity contribution in [1.29, 1.82) is 0 Å². The number of aromatic nitrogens is 1. The number of pyridine rings is 1. The fraction of sp³-hybridized carbons (Fsp3) is 0.211. The first-order valence-electron chi connectivity index (χ1n) is 7.75. The van der Waals surface area contributed by atoms with E-state index in [1.54, 1.807) is 12.1 Å². The summed E-state index contributed by atoms with van der Waals surface area (Å²) in [5.74, 6) is 0.596. The van der Waals surface area contributed by atoms with E-state index in [-0.39, 0.29) is 5.56 Å². The fourth-order valence-corrected chi connectivity index (χ4v) is 2.76. The lowest BCUT2D eigenvalue weighted by Crippen LogP contribution is -2.21. The Hall–Kier alpha value is -2.30. The monoisotopic (exact) mass is 342 g/mol. The highest BCUT2D eigenvalue weighted by molar-refractivity contribution is 6.31. The molecular formula is C19H19ClN2O2. The summed E-state index contributed by atoms with van der Waals surface area (Å²) in [7, 11) is 3.97. The molecule has 1 N–H and O–H groups in total. The van der Waals surface area contributed by atoms with Crippen molar-refractivity contribution in [1.82, 2.24) is 9.88 Å². The van der Waals surface area contributed by atoms with Gasteiger partial charge < -0.3 is 14.6 Å². The zero-order valence-electron chi connectivity index (χ0n) is 13.7. The molecule has 1 aromatic heterocycles. The Morgan fingerprint density at radius 2 is 1.88 bits per heavy atom. The lowest BCUT2D eigenvalue weighted by atomic mass is 10.0. The Balaban J connectivity index is 2.19. The van der Waals surface area contributed by atoms with Gasteiger partial charge in [0.05, 0.1) is 11.1 Å². The van der Waals surface area contributed by atoms with Crippen LogP contribution in [0, 0.1) is 0 Å². The topological polar surface area (TPSA) is 45.3 Å². The van der Waals surface area contributed by atoms with Crippen molar-refractivity contribution in [3.63, 3.8) is 0 Å². The third kappa shape index (κ3) is 3.45. The molecule has 0 spiro atoms. The van der Waals surface area contributed by atoms with E-state index >= 15 is 0 Å². The van der Waals surface area contributed by atoms with Crippen molar-refractivity contribution in [2.45, 2.75) is 0 Å². The maximum Gasteiger partial charge on any atom is 0.260 e. The maximum atomic E-state index is 12.7. The van der Waals surface area contributed by atoms with Gasteiger partial charge in [0.15, 0.2) is 0 Å². The van der Waals surface area contributed by atoms with Crippen LogP contribution in [-0.2, 0) is 0 Å². The summed E-state index contributed by atoms with van der Waals surface area (Å²) in [5.41, 5.74) is 1.86. The summed E-state index contributed by atoms with van der Waals surface area (Å²) < 4.78 is 6.03. The van der Waals surface area contributed by atoms with Crippen LogP contribution < -0.4 is 10.3 Å². The average Bonchev–Trinajstić information content (AvgIpc) is 2.54. The highest BCUT2D eigenvalue weighted by atomic mass is 35.5. The summed E-state index contributed by atoms with van der Waals surface area (Å²) >= 11 is 6.06. The smallest absolute Gasteiger partial charge is 0.260 e. The van der Waals surface area contributed by atoms with Gasteiger partial charge in [-0.3, -0.25) is 4.79 Å². The van der Waals surface area contributed by atoms with Crippen LogP contribution in [0.1, 0.15) is 0 Å². The summed E-state index contributed by atoms with van der Waals surface area (Å²) in [6.07, 6.45) is 0. The Labute approximate surface area is 145 Å². The molecule has 0 radical (unpaired) electrons. The minimum Gasteiger partial charge on any atom is -0.491 e. The van der Waals surface area contributed by atoms with Crippen LogP contribution in [0.15, 0.2) is 53.3 Å². The summed E-state index contributed by atoms with van der Waals surface area (Å²) in [6.45, 7) is 1.25. The first-order chi connectivity index (χ1) is 11.6. The lowest BCUT2D eigenvalue weighted by molar-refractivity contribution is 0.264. The largest absolute Gasteiger partial charge is 0.491 e.